The Bertz CT molecular complexity index is 1150. The molecule has 1 aliphatic rings. The molecular formula is C23H25ClN2O4S. The van der Waals surface area contributed by atoms with E-state index in [0.717, 1.165) is 20.3 Å². The molecule has 8 heteroatoms. The smallest absolute Gasteiger partial charge is 0.252 e. The highest BCUT2D eigenvalue weighted by atomic mass is 35.5. The first-order valence-electron chi connectivity index (χ1n) is 9.83. The zero-order chi connectivity index (χ0) is 23.1. The van der Waals surface area contributed by atoms with Gasteiger partial charge in [-0.15, -0.1) is 6.58 Å². The molecule has 6 nitrogen and oxygen atoms in total. The van der Waals surface area contributed by atoms with Crippen LogP contribution in [-0.4, -0.2) is 37.1 Å². The van der Waals surface area contributed by atoms with Gasteiger partial charge in [0, 0.05) is 11.6 Å². The predicted molar refractivity (Wildman–Crippen MR) is 122 cm³/mol. The third kappa shape index (κ3) is 4.05. The molecule has 0 radical (unpaired) electrons. The average Bonchev–Trinajstić information content (AvgIpc) is 2.99. The van der Waals surface area contributed by atoms with Gasteiger partial charge in [0.05, 0.1) is 17.0 Å². The summed E-state index contributed by atoms with van der Waals surface area (Å²) in [5, 5.41) is 0.469. The SMILES string of the molecule is C=CCN(C1CC(=O)N(c2ccc(Cl)cc2)C1=O)S(=O)(=O)c1c(C)c(C)cc(C)c1C. The number of hydrogen-bond donors (Lipinski definition) is 0. The number of amides is 2. The first-order chi connectivity index (χ1) is 14.5. The molecular weight excluding hydrogens is 436 g/mol. The monoisotopic (exact) mass is 460 g/mol. The lowest BCUT2D eigenvalue weighted by molar-refractivity contribution is -0.122. The molecule has 3 rings (SSSR count). The number of carbonyl (C=O) groups is 2. The van der Waals surface area contributed by atoms with E-state index in [1.807, 2.05) is 19.9 Å². The maximum atomic E-state index is 13.8. The van der Waals surface area contributed by atoms with Crippen LogP contribution in [0.15, 0.2) is 47.9 Å². The van der Waals surface area contributed by atoms with E-state index in [4.69, 9.17) is 11.6 Å². The van der Waals surface area contributed by atoms with Gasteiger partial charge in [0.15, 0.2) is 0 Å². The van der Waals surface area contributed by atoms with Crippen molar-refractivity contribution in [3.63, 3.8) is 0 Å². The molecule has 1 unspecified atom stereocenters. The lowest BCUT2D eigenvalue weighted by Crippen LogP contribution is -2.45. The molecule has 0 N–H and O–H groups in total. The molecule has 0 saturated carbocycles. The van der Waals surface area contributed by atoms with Gasteiger partial charge < -0.3 is 0 Å². The van der Waals surface area contributed by atoms with Gasteiger partial charge in [-0.2, -0.15) is 4.31 Å². The molecule has 2 aromatic carbocycles. The van der Waals surface area contributed by atoms with Crippen molar-refractivity contribution in [3.05, 3.63) is 70.3 Å². The fourth-order valence-electron chi connectivity index (χ4n) is 3.91. The van der Waals surface area contributed by atoms with Crippen LogP contribution in [0.2, 0.25) is 5.02 Å². The molecule has 1 atom stereocenters. The summed E-state index contributed by atoms with van der Waals surface area (Å²) in [6.45, 7) is 10.8. The number of benzene rings is 2. The molecule has 2 aromatic rings. The van der Waals surface area contributed by atoms with Crippen LogP contribution in [0.1, 0.15) is 28.7 Å². The lowest BCUT2D eigenvalue weighted by Gasteiger charge is -2.28. The highest BCUT2D eigenvalue weighted by Crippen LogP contribution is 2.33. The van der Waals surface area contributed by atoms with Crippen molar-refractivity contribution in [3.8, 4) is 0 Å². The molecule has 2 amide bonds. The minimum atomic E-state index is -4.08. The van der Waals surface area contributed by atoms with Gasteiger partial charge in [-0.25, -0.2) is 13.3 Å². The molecule has 0 aliphatic carbocycles. The summed E-state index contributed by atoms with van der Waals surface area (Å²) in [6.07, 6.45) is 1.19. The number of rotatable bonds is 6. The summed E-state index contributed by atoms with van der Waals surface area (Å²) in [5.41, 5.74) is 3.30. The van der Waals surface area contributed by atoms with E-state index in [1.54, 1.807) is 38.1 Å². The van der Waals surface area contributed by atoms with E-state index in [-0.39, 0.29) is 17.9 Å². The van der Waals surface area contributed by atoms with Crippen LogP contribution in [0.3, 0.4) is 0 Å². The van der Waals surface area contributed by atoms with Gasteiger partial charge in [0.2, 0.25) is 15.9 Å². The van der Waals surface area contributed by atoms with Gasteiger partial charge in [-0.3, -0.25) is 9.59 Å². The predicted octanol–water partition coefficient (Wildman–Crippen LogP) is 4.08. The van der Waals surface area contributed by atoms with E-state index in [9.17, 15) is 18.0 Å². The van der Waals surface area contributed by atoms with Crippen LogP contribution in [0.4, 0.5) is 5.69 Å². The first-order valence-corrected chi connectivity index (χ1v) is 11.6. The molecule has 1 saturated heterocycles. The van der Waals surface area contributed by atoms with Gasteiger partial charge in [0.25, 0.3) is 5.91 Å². The van der Waals surface area contributed by atoms with Crippen LogP contribution >= 0.6 is 11.6 Å². The van der Waals surface area contributed by atoms with Gasteiger partial charge in [0.1, 0.15) is 6.04 Å². The number of anilines is 1. The van der Waals surface area contributed by atoms with Crippen LogP contribution < -0.4 is 4.90 Å². The molecule has 0 aromatic heterocycles. The second kappa shape index (κ2) is 8.57. The van der Waals surface area contributed by atoms with E-state index >= 15 is 0 Å². The highest BCUT2D eigenvalue weighted by Gasteiger charge is 2.47. The second-order valence-electron chi connectivity index (χ2n) is 7.72. The summed E-state index contributed by atoms with van der Waals surface area (Å²) < 4.78 is 28.6. The first kappa shape index (κ1) is 23.2. The average molecular weight is 461 g/mol. The minimum absolute atomic E-state index is 0.0909. The maximum absolute atomic E-state index is 13.8. The van der Waals surface area contributed by atoms with Crippen molar-refractivity contribution >= 4 is 39.1 Å². The Kier molecular flexibility index (Phi) is 6.41. The largest absolute Gasteiger partial charge is 0.274 e. The Morgan fingerprint density at radius 2 is 1.65 bits per heavy atom. The fourth-order valence-corrected chi connectivity index (χ4v) is 6.17. The Labute approximate surface area is 188 Å². The molecule has 164 valence electrons. The Morgan fingerprint density at radius 3 is 2.16 bits per heavy atom. The summed E-state index contributed by atoms with van der Waals surface area (Å²) in [7, 11) is -4.08. The summed E-state index contributed by atoms with van der Waals surface area (Å²) in [5.74, 6) is -1.05. The van der Waals surface area contributed by atoms with Gasteiger partial charge in [-0.05, 0) is 74.2 Å². The van der Waals surface area contributed by atoms with Crippen LogP contribution in [0.25, 0.3) is 0 Å². The third-order valence-corrected chi connectivity index (χ3v) is 8.13. The topological polar surface area (TPSA) is 74.8 Å². The van der Waals surface area contributed by atoms with Crippen molar-refractivity contribution in [1.82, 2.24) is 4.31 Å². The van der Waals surface area contributed by atoms with Crippen molar-refractivity contribution < 1.29 is 18.0 Å². The van der Waals surface area contributed by atoms with E-state index in [0.29, 0.717) is 21.8 Å². The van der Waals surface area contributed by atoms with Gasteiger partial charge in [-0.1, -0.05) is 23.7 Å². The Balaban J connectivity index is 2.09. The normalized spacial score (nSPS) is 17.0. The molecule has 1 fully saturated rings. The highest BCUT2D eigenvalue weighted by molar-refractivity contribution is 7.89. The van der Waals surface area contributed by atoms with Gasteiger partial charge >= 0.3 is 0 Å². The van der Waals surface area contributed by atoms with Crippen molar-refractivity contribution in [2.75, 3.05) is 11.4 Å². The van der Waals surface area contributed by atoms with Crippen molar-refractivity contribution in [2.24, 2.45) is 0 Å². The number of sulfonamides is 1. The summed E-state index contributed by atoms with van der Waals surface area (Å²) in [6, 6.07) is 7.06. The Hall–Kier alpha value is -2.48. The molecule has 1 heterocycles. The number of aryl methyl sites for hydroxylation is 2. The number of nitrogens with zero attached hydrogens (tertiary/aromatic N) is 2. The minimum Gasteiger partial charge on any atom is -0.274 e. The number of halogens is 1. The lowest BCUT2D eigenvalue weighted by atomic mass is 10.0. The van der Waals surface area contributed by atoms with E-state index in [2.05, 4.69) is 6.58 Å². The Morgan fingerprint density at radius 1 is 1.10 bits per heavy atom. The van der Waals surface area contributed by atoms with E-state index in [1.165, 1.54) is 6.08 Å². The zero-order valence-corrected chi connectivity index (χ0v) is 19.5. The van der Waals surface area contributed by atoms with Crippen LogP contribution in [0.5, 0.6) is 0 Å². The van der Waals surface area contributed by atoms with Crippen molar-refractivity contribution in [1.29, 1.82) is 0 Å². The second-order valence-corrected chi connectivity index (χ2v) is 9.98. The quantitative estimate of drug-likeness (QED) is 0.480. The van der Waals surface area contributed by atoms with Crippen LogP contribution in [-0.2, 0) is 19.6 Å². The number of hydrogen-bond acceptors (Lipinski definition) is 4. The molecule has 0 spiro atoms. The third-order valence-electron chi connectivity index (χ3n) is 5.73. The maximum Gasteiger partial charge on any atom is 0.252 e. The zero-order valence-electron chi connectivity index (χ0n) is 18.0. The number of imide groups is 1. The van der Waals surface area contributed by atoms with Crippen LogP contribution in [0, 0.1) is 27.7 Å². The molecule has 31 heavy (non-hydrogen) atoms. The van der Waals surface area contributed by atoms with E-state index < -0.39 is 27.9 Å². The van der Waals surface area contributed by atoms with Crippen molar-refractivity contribution in [2.45, 2.75) is 45.1 Å². The fraction of sp³-hybridized carbons (Fsp3) is 0.304. The standard InChI is InChI=1S/C23H25ClN2O4S/c1-6-11-25(31(29,30)22-16(4)14(2)12-15(3)17(22)5)20-13-21(27)26(23(20)28)19-9-7-18(24)8-10-19/h6-10,12,20H,1,11,13H2,2-5H3. The molecule has 0 bridgehead atoms. The summed E-state index contributed by atoms with van der Waals surface area (Å²) in [4.78, 5) is 27.1. The number of carbonyl (C=O) groups excluding carboxylic acids is 2. The summed E-state index contributed by atoms with van der Waals surface area (Å²) >= 11 is 5.91. The molecule has 1 aliphatic heterocycles.